The number of rotatable bonds is 4. The number of carbonyl (C=O) groups is 1. The van der Waals surface area contributed by atoms with E-state index in [1.165, 1.54) is 0 Å². The van der Waals surface area contributed by atoms with Crippen molar-refractivity contribution in [1.29, 1.82) is 0 Å². The Morgan fingerprint density at radius 3 is 2.71 bits per heavy atom. The molecule has 1 aliphatic rings. The molecule has 1 aliphatic heterocycles. The van der Waals surface area contributed by atoms with E-state index < -0.39 is 5.60 Å². The van der Waals surface area contributed by atoms with Gasteiger partial charge in [0.25, 0.3) is 0 Å². The molecule has 0 aromatic carbocycles. The quantitative estimate of drug-likeness (QED) is 0.597. The molecule has 17 heavy (non-hydrogen) atoms. The van der Waals surface area contributed by atoms with E-state index in [-0.39, 0.29) is 6.09 Å². The van der Waals surface area contributed by atoms with Crippen molar-refractivity contribution in [3.05, 3.63) is 0 Å². The Morgan fingerprint density at radius 2 is 2.18 bits per heavy atom. The van der Waals surface area contributed by atoms with Crippen molar-refractivity contribution in [2.45, 2.75) is 45.3 Å². The van der Waals surface area contributed by atoms with Crippen LogP contribution in [0.3, 0.4) is 0 Å². The highest BCUT2D eigenvalue weighted by atomic mass is 16.6. The van der Waals surface area contributed by atoms with Crippen LogP contribution >= 0.6 is 0 Å². The van der Waals surface area contributed by atoms with Gasteiger partial charge in [-0.2, -0.15) is 0 Å². The number of likely N-dealkylation sites (tertiary alicyclic amines) is 1. The van der Waals surface area contributed by atoms with Gasteiger partial charge in [-0.15, -0.1) is 12.3 Å². The van der Waals surface area contributed by atoms with Crippen LogP contribution in [0, 0.1) is 12.3 Å². The van der Waals surface area contributed by atoms with Crippen LogP contribution in [0.25, 0.3) is 0 Å². The maximum Gasteiger partial charge on any atom is 0.410 e. The van der Waals surface area contributed by atoms with E-state index >= 15 is 0 Å². The van der Waals surface area contributed by atoms with E-state index in [1.807, 2.05) is 20.8 Å². The van der Waals surface area contributed by atoms with Crippen molar-refractivity contribution in [2.24, 2.45) is 0 Å². The maximum absolute atomic E-state index is 11.6. The molecule has 96 valence electrons. The average Bonchev–Trinajstić information content (AvgIpc) is 2.11. The summed E-state index contributed by atoms with van der Waals surface area (Å²) >= 11 is 0. The summed E-state index contributed by atoms with van der Waals surface area (Å²) in [5.41, 5.74) is -0.414. The number of amides is 1. The highest BCUT2D eigenvalue weighted by Crippen LogP contribution is 2.15. The molecular weight excluding hydrogens is 216 g/mol. The van der Waals surface area contributed by atoms with Crippen LogP contribution in [0.4, 0.5) is 4.79 Å². The Kier molecular flexibility index (Phi) is 4.83. The first-order valence-electron chi connectivity index (χ1n) is 6.07. The SMILES string of the molecule is C#CCCCNC1CN(C(=O)OC(C)(C)C)C1. The lowest BCUT2D eigenvalue weighted by molar-refractivity contribution is 0.00538. The molecule has 0 atom stereocenters. The lowest BCUT2D eigenvalue weighted by Gasteiger charge is -2.40. The third-order valence-electron chi connectivity index (χ3n) is 2.46. The van der Waals surface area contributed by atoms with Crippen LogP contribution in [-0.2, 0) is 4.74 Å². The zero-order valence-corrected chi connectivity index (χ0v) is 11.0. The van der Waals surface area contributed by atoms with Crippen LogP contribution in [0.2, 0.25) is 0 Å². The molecule has 1 N–H and O–H groups in total. The lowest BCUT2D eigenvalue weighted by atomic mass is 10.1. The second kappa shape index (κ2) is 5.92. The molecule has 1 fully saturated rings. The summed E-state index contributed by atoms with van der Waals surface area (Å²) in [6.07, 6.45) is 6.73. The van der Waals surface area contributed by atoms with Crippen LogP contribution in [0.1, 0.15) is 33.6 Å². The first kappa shape index (κ1) is 13.9. The molecule has 1 rings (SSSR count). The van der Waals surface area contributed by atoms with Gasteiger partial charge in [-0.1, -0.05) is 0 Å². The lowest BCUT2D eigenvalue weighted by Crippen LogP contribution is -2.60. The zero-order valence-electron chi connectivity index (χ0n) is 11.0. The summed E-state index contributed by atoms with van der Waals surface area (Å²) in [5.74, 6) is 2.61. The van der Waals surface area contributed by atoms with E-state index in [2.05, 4.69) is 11.2 Å². The van der Waals surface area contributed by atoms with Gasteiger partial charge in [0.05, 0.1) is 0 Å². The van der Waals surface area contributed by atoms with Crippen molar-refractivity contribution >= 4 is 6.09 Å². The zero-order chi connectivity index (χ0) is 12.9. The molecule has 1 heterocycles. The van der Waals surface area contributed by atoms with Gasteiger partial charge in [0, 0.05) is 25.6 Å². The van der Waals surface area contributed by atoms with Crippen molar-refractivity contribution in [3.63, 3.8) is 0 Å². The van der Waals surface area contributed by atoms with Crippen molar-refractivity contribution in [2.75, 3.05) is 19.6 Å². The minimum atomic E-state index is -0.414. The molecule has 0 aromatic rings. The van der Waals surface area contributed by atoms with Gasteiger partial charge in [0.2, 0.25) is 0 Å². The monoisotopic (exact) mass is 238 g/mol. The Hall–Kier alpha value is -1.21. The molecule has 0 radical (unpaired) electrons. The van der Waals surface area contributed by atoms with Crippen molar-refractivity contribution in [1.82, 2.24) is 10.2 Å². The number of nitrogens with one attached hydrogen (secondary N) is 1. The molecular formula is C13H22N2O2. The molecule has 0 unspecified atom stereocenters. The number of nitrogens with zero attached hydrogens (tertiary/aromatic N) is 1. The number of terminal acetylenes is 1. The number of hydrogen-bond donors (Lipinski definition) is 1. The van der Waals surface area contributed by atoms with Crippen LogP contribution in [0.15, 0.2) is 0 Å². The normalized spacial score (nSPS) is 16.2. The van der Waals surface area contributed by atoms with Crippen LogP contribution in [-0.4, -0.2) is 42.3 Å². The molecule has 0 saturated carbocycles. The predicted octanol–water partition coefficient (Wildman–Crippen LogP) is 1.61. The Balaban J connectivity index is 2.11. The molecule has 4 heteroatoms. The summed E-state index contributed by atoms with van der Waals surface area (Å²) in [6.45, 7) is 7.99. The fourth-order valence-corrected chi connectivity index (χ4v) is 1.58. The van der Waals surface area contributed by atoms with E-state index in [4.69, 9.17) is 11.2 Å². The topological polar surface area (TPSA) is 41.6 Å². The fraction of sp³-hybridized carbons (Fsp3) is 0.769. The summed E-state index contributed by atoms with van der Waals surface area (Å²) < 4.78 is 5.27. The number of unbranched alkanes of at least 4 members (excludes halogenated alkanes) is 1. The Morgan fingerprint density at radius 1 is 1.53 bits per heavy atom. The van der Waals surface area contributed by atoms with Gasteiger partial charge in [0.1, 0.15) is 5.60 Å². The van der Waals surface area contributed by atoms with Crippen molar-refractivity contribution in [3.8, 4) is 12.3 Å². The third-order valence-corrected chi connectivity index (χ3v) is 2.46. The van der Waals surface area contributed by atoms with E-state index in [0.717, 1.165) is 32.5 Å². The molecule has 0 aliphatic carbocycles. The van der Waals surface area contributed by atoms with Crippen molar-refractivity contribution < 1.29 is 9.53 Å². The average molecular weight is 238 g/mol. The Labute approximate surface area is 104 Å². The molecule has 1 amide bonds. The van der Waals surface area contributed by atoms with Gasteiger partial charge >= 0.3 is 6.09 Å². The maximum atomic E-state index is 11.6. The van der Waals surface area contributed by atoms with E-state index in [1.54, 1.807) is 4.90 Å². The first-order valence-corrected chi connectivity index (χ1v) is 6.07. The Bertz CT molecular complexity index is 296. The summed E-state index contributed by atoms with van der Waals surface area (Å²) in [7, 11) is 0. The predicted molar refractivity (Wildman–Crippen MR) is 67.7 cm³/mol. The smallest absolute Gasteiger partial charge is 0.410 e. The van der Waals surface area contributed by atoms with Crippen LogP contribution in [0.5, 0.6) is 0 Å². The summed E-state index contributed by atoms with van der Waals surface area (Å²) in [5, 5.41) is 3.36. The third kappa shape index (κ3) is 5.10. The minimum Gasteiger partial charge on any atom is -0.444 e. The molecule has 0 bridgehead atoms. The van der Waals surface area contributed by atoms with Gasteiger partial charge in [-0.05, 0) is 33.7 Å². The molecule has 0 spiro atoms. The molecule has 0 aromatic heterocycles. The standard InChI is InChI=1S/C13H22N2O2/c1-5-6-7-8-14-11-9-15(10-11)12(16)17-13(2,3)4/h1,11,14H,6-10H2,2-4H3. The fourth-order valence-electron chi connectivity index (χ4n) is 1.58. The molecule has 1 saturated heterocycles. The number of hydrogen-bond acceptors (Lipinski definition) is 3. The number of ether oxygens (including phenoxy) is 1. The second-order valence-corrected chi connectivity index (χ2v) is 5.34. The van der Waals surface area contributed by atoms with Gasteiger partial charge < -0.3 is 15.0 Å². The highest BCUT2D eigenvalue weighted by molar-refractivity contribution is 5.69. The van der Waals surface area contributed by atoms with Crippen LogP contribution < -0.4 is 5.32 Å². The highest BCUT2D eigenvalue weighted by Gasteiger charge is 2.32. The minimum absolute atomic E-state index is 0.223. The molecule has 4 nitrogen and oxygen atoms in total. The second-order valence-electron chi connectivity index (χ2n) is 5.34. The van der Waals surface area contributed by atoms with E-state index in [9.17, 15) is 4.79 Å². The van der Waals surface area contributed by atoms with E-state index in [0.29, 0.717) is 6.04 Å². The first-order chi connectivity index (χ1) is 7.92. The largest absolute Gasteiger partial charge is 0.444 e. The summed E-state index contributed by atoms with van der Waals surface area (Å²) in [4.78, 5) is 13.3. The van der Waals surface area contributed by atoms with Gasteiger partial charge in [-0.3, -0.25) is 0 Å². The van der Waals surface area contributed by atoms with Gasteiger partial charge in [-0.25, -0.2) is 4.79 Å². The van der Waals surface area contributed by atoms with Gasteiger partial charge in [0.15, 0.2) is 0 Å². The summed E-state index contributed by atoms with van der Waals surface area (Å²) in [6, 6.07) is 0.389. The number of carbonyl (C=O) groups excluding carboxylic acids is 1.